The molecule has 8 nitrogen and oxygen atoms in total. The molecule has 3 amide bonds. The Bertz CT molecular complexity index is 1260. The number of hydrogen-bond acceptors (Lipinski definition) is 5. The summed E-state index contributed by atoms with van der Waals surface area (Å²) in [6, 6.07) is 12.7. The van der Waals surface area contributed by atoms with E-state index in [-0.39, 0.29) is 29.2 Å². The lowest BCUT2D eigenvalue weighted by Crippen LogP contribution is -2.57. The van der Waals surface area contributed by atoms with Crippen molar-refractivity contribution in [2.75, 3.05) is 17.2 Å². The number of likely N-dealkylation sites (tertiary alicyclic amines) is 1. The Morgan fingerprint density at radius 1 is 1.15 bits per heavy atom. The van der Waals surface area contributed by atoms with Gasteiger partial charge in [-0.3, -0.25) is 14.4 Å². The largest absolute Gasteiger partial charge is 0.394 e. The van der Waals surface area contributed by atoms with Crippen LogP contribution in [0.4, 0.5) is 11.4 Å². The van der Waals surface area contributed by atoms with Gasteiger partial charge >= 0.3 is 0 Å². The van der Waals surface area contributed by atoms with E-state index in [4.69, 9.17) is 16.3 Å². The van der Waals surface area contributed by atoms with Crippen LogP contribution in [0.25, 0.3) is 0 Å². The zero-order valence-corrected chi connectivity index (χ0v) is 24.4. The highest BCUT2D eigenvalue weighted by molar-refractivity contribution is 9.09. The fourth-order valence-electron chi connectivity index (χ4n) is 6.61. The first kappa shape index (κ1) is 28.1. The number of amides is 3. The number of para-hydroxylation sites is 2. The molecule has 1 spiro atoms. The lowest BCUT2D eigenvalue weighted by molar-refractivity contribution is -0.143. The number of anilines is 2. The van der Waals surface area contributed by atoms with E-state index in [1.54, 1.807) is 24.3 Å². The highest BCUT2D eigenvalue weighted by atomic mass is 79.9. The molecule has 3 fully saturated rings. The summed E-state index contributed by atoms with van der Waals surface area (Å²) in [7, 11) is 0. The predicted molar refractivity (Wildman–Crippen MR) is 153 cm³/mol. The Morgan fingerprint density at radius 2 is 1.87 bits per heavy atom. The number of benzene rings is 2. The van der Waals surface area contributed by atoms with Gasteiger partial charge in [0.2, 0.25) is 17.7 Å². The topological polar surface area (TPSA) is 108 Å². The van der Waals surface area contributed by atoms with E-state index >= 15 is 0 Å². The van der Waals surface area contributed by atoms with Crippen molar-refractivity contribution in [1.82, 2.24) is 4.90 Å². The number of alkyl halides is 1. The molecule has 39 heavy (non-hydrogen) atoms. The molecule has 2 aromatic carbocycles. The maximum absolute atomic E-state index is 14.3. The number of nitrogens with one attached hydrogen (secondary N) is 2. The molecule has 3 saturated heterocycles. The van der Waals surface area contributed by atoms with Crippen LogP contribution in [0.1, 0.15) is 32.3 Å². The number of fused-ring (bicyclic) bond motifs is 1. The summed E-state index contributed by atoms with van der Waals surface area (Å²) in [5, 5.41) is 16.7. The van der Waals surface area contributed by atoms with Gasteiger partial charge in [0.05, 0.1) is 41.3 Å². The quantitative estimate of drug-likeness (QED) is 0.381. The second-order valence-electron chi connectivity index (χ2n) is 11.2. The monoisotopic (exact) mass is 617 g/mol. The van der Waals surface area contributed by atoms with Gasteiger partial charge in [-0.2, -0.15) is 0 Å². The minimum absolute atomic E-state index is 0.153. The first-order chi connectivity index (χ1) is 18.6. The molecular weight excluding hydrogens is 586 g/mol. The van der Waals surface area contributed by atoms with Crippen molar-refractivity contribution in [2.24, 2.45) is 17.8 Å². The predicted octanol–water partition coefficient (Wildman–Crippen LogP) is 4.38. The van der Waals surface area contributed by atoms with E-state index in [9.17, 15) is 19.5 Å². The minimum Gasteiger partial charge on any atom is -0.394 e. The van der Waals surface area contributed by atoms with Crippen LogP contribution in [0.3, 0.4) is 0 Å². The molecular formula is C29H33BrClN3O5. The third-order valence-corrected chi connectivity index (χ3v) is 9.30. The third kappa shape index (κ3) is 4.77. The van der Waals surface area contributed by atoms with Crippen LogP contribution in [0.2, 0.25) is 5.02 Å². The maximum atomic E-state index is 14.3. The second-order valence-corrected chi connectivity index (χ2v) is 12.7. The van der Waals surface area contributed by atoms with Crippen molar-refractivity contribution in [1.29, 1.82) is 0 Å². The number of aliphatic hydroxyl groups is 1. The summed E-state index contributed by atoms with van der Waals surface area (Å²) >= 11 is 10.1. The highest BCUT2D eigenvalue weighted by Gasteiger charge is 2.77. The molecule has 5 rings (SSSR count). The van der Waals surface area contributed by atoms with Gasteiger partial charge in [-0.1, -0.05) is 71.7 Å². The third-order valence-electron chi connectivity index (χ3n) is 8.14. The first-order valence-electron chi connectivity index (χ1n) is 13.3. The summed E-state index contributed by atoms with van der Waals surface area (Å²) in [5.41, 5.74) is 0.612. The van der Waals surface area contributed by atoms with Crippen LogP contribution in [0.15, 0.2) is 48.5 Å². The highest BCUT2D eigenvalue weighted by Crippen LogP contribution is 2.60. The number of carbonyl (C=O) groups is 3. The van der Waals surface area contributed by atoms with E-state index in [1.165, 1.54) is 4.90 Å². The summed E-state index contributed by atoms with van der Waals surface area (Å²) in [6.45, 7) is 5.52. The van der Waals surface area contributed by atoms with Crippen LogP contribution in [0.5, 0.6) is 0 Å². The molecule has 2 aromatic rings. The van der Waals surface area contributed by atoms with Crippen LogP contribution >= 0.6 is 27.5 Å². The number of aliphatic hydroxyl groups excluding tert-OH is 1. The Kier molecular flexibility index (Phi) is 7.81. The molecule has 3 N–H and O–H groups in total. The summed E-state index contributed by atoms with van der Waals surface area (Å²) < 4.78 is 6.55. The fourth-order valence-corrected chi connectivity index (χ4v) is 7.82. The van der Waals surface area contributed by atoms with Crippen molar-refractivity contribution < 1.29 is 24.2 Å². The average molecular weight is 619 g/mol. The van der Waals surface area contributed by atoms with E-state index < -0.39 is 41.5 Å². The van der Waals surface area contributed by atoms with Crippen LogP contribution in [-0.2, 0) is 19.1 Å². The number of rotatable bonds is 8. The van der Waals surface area contributed by atoms with Crippen molar-refractivity contribution in [2.45, 2.75) is 62.2 Å². The lowest BCUT2D eigenvalue weighted by Gasteiger charge is -2.37. The van der Waals surface area contributed by atoms with Gasteiger partial charge in [-0.15, -0.1) is 0 Å². The molecule has 3 aliphatic rings. The molecule has 7 atom stereocenters. The molecule has 3 aliphatic heterocycles. The standard InChI is InChI=1S/C29H33BrClN3O5/c1-15(2)12-18(14-35)34-25(27(37)33-23-16(3)8-7-11-20(23)31)29-13-19(30)24(39-29)21(22(29)28(34)38)26(36)32-17-9-5-4-6-10-17/h4-11,15,18-19,21-22,24-25,35H,12-14H2,1-3H3,(H,32,36)(H,33,37)/t18-,19?,21-,22+,24-,25?,29?/m1/s1. The maximum Gasteiger partial charge on any atom is 0.250 e. The lowest BCUT2D eigenvalue weighted by atomic mass is 9.70. The van der Waals surface area contributed by atoms with Gasteiger partial charge in [-0.25, -0.2) is 0 Å². The Labute approximate surface area is 241 Å². The molecule has 2 bridgehead atoms. The molecule has 0 aliphatic carbocycles. The van der Waals surface area contributed by atoms with E-state index in [2.05, 4.69) is 26.6 Å². The number of carbonyl (C=O) groups excluding carboxylic acids is 3. The number of aryl methyl sites for hydroxylation is 1. The Balaban J connectivity index is 1.56. The molecule has 0 radical (unpaired) electrons. The number of nitrogens with zero attached hydrogens (tertiary/aromatic N) is 1. The van der Waals surface area contributed by atoms with Gasteiger partial charge in [0.25, 0.3) is 0 Å². The Morgan fingerprint density at radius 3 is 2.51 bits per heavy atom. The summed E-state index contributed by atoms with van der Waals surface area (Å²) in [4.78, 5) is 43.3. The van der Waals surface area contributed by atoms with Crippen molar-refractivity contribution >= 4 is 56.6 Å². The van der Waals surface area contributed by atoms with Crippen LogP contribution in [0, 0.1) is 24.7 Å². The molecule has 3 heterocycles. The number of ether oxygens (including phenoxy) is 1. The molecule has 0 aromatic heterocycles. The van der Waals surface area contributed by atoms with Crippen molar-refractivity contribution in [3.8, 4) is 0 Å². The van der Waals surface area contributed by atoms with Gasteiger partial charge in [0, 0.05) is 10.5 Å². The number of hydrogen-bond donors (Lipinski definition) is 3. The van der Waals surface area contributed by atoms with E-state index in [0.717, 1.165) is 5.56 Å². The molecule has 3 unspecified atom stereocenters. The van der Waals surface area contributed by atoms with Crippen molar-refractivity contribution in [3.63, 3.8) is 0 Å². The zero-order chi connectivity index (χ0) is 28.1. The van der Waals surface area contributed by atoms with Gasteiger partial charge in [-0.05, 0) is 49.4 Å². The smallest absolute Gasteiger partial charge is 0.250 e. The zero-order valence-electron chi connectivity index (χ0n) is 22.1. The molecule has 10 heteroatoms. The first-order valence-corrected chi connectivity index (χ1v) is 14.5. The van der Waals surface area contributed by atoms with E-state index in [1.807, 2.05) is 45.0 Å². The Hall–Kier alpha value is -2.46. The van der Waals surface area contributed by atoms with Crippen LogP contribution in [-0.4, -0.2) is 63.0 Å². The molecule has 0 saturated carbocycles. The normalized spacial score (nSPS) is 30.0. The summed E-state index contributed by atoms with van der Waals surface area (Å²) in [5.74, 6) is -2.65. The van der Waals surface area contributed by atoms with Crippen LogP contribution < -0.4 is 10.6 Å². The van der Waals surface area contributed by atoms with Gasteiger partial charge < -0.3 is 25.4 Å². The minimum atomic E-state index is -1.24. The van der Waals surface area contributed by atoms with Crippen molar-refractivity contribution in [3.05, 3.63) is 59.1 Å². The second kappa shape index (κ2) is 10.8. The number of halogens is 2. The average Bonchev–Trinajstić information content (AvgIpc) is 3.48. The van der Waals surface area contributed by atoms with Gasteiger partial charge in [0.15, 0.2) is 0 Å². The van der Waals surface area contributed by atoms with E-state index in [0.29, 0.717) is 29.2 Å². The SMILES string of the molecule is Cc1cccc(Cl)c1NC(=O)C1N([C@@H](CO)CC(C)C)C(=O)[C@@H]2[C@@H](C(=O)Nc3ccccc3)[C@@H]3OC12CC3Br. The molecule has 208 valence electrons. The summed E-state index contributed by atoms with van der Waals surface area (Å²) in [6.07, 6.45) is 0.279. The van der Waals surface area contributed by atoms with Gasteiger partial charge in [0.1, 0.15) is 11.6 Å². The fraction of sp³-hybridized carbons (Fsp3) is 0.483.